The van der Waals surface area contributed by atoms with Gasteiger partial charge in [0.05, 0.1) is 19.3 Å². The molecule has 6 N–H and O–H groups in total. The fourth-order valence-electron chi connectivity index (χ4n) is 4.45. The van der Waals surface area contributed by atoms with E-state index in [1.54, 1.807) is 52.0 Å². The number of carbonyl (C=O) groups excluding carboxylic acids is 2. The molecule has 1 heterocycles. The van der Waals surface area contributed by atoms with Gasteiger partial charge in [-0.25, -0.2) is 4.79 Å². The Balaban J connectivity index is 2.59. The standard InChI is InChI=1S/C28H40N2O8/c1-15-8-7-9-22(36-5)26(38-28(29)35)18(4)10-16(2)25(33)23(37-6)11-17(3)24(32)19-12-20(30-27(15)34)14-21(31)13-19/h8,10-14,16-17,22,24-26,31-33H,7,9H2,1-6H3,(H2,29,35)(H,30,34)/b15-8+,18-10+,23-11-/t16-,17-,22-,24+,25+,26-/m0/s1. The van der Waals surface area contributed by atoms with Gasteiger partial charge in [-0.2, -0.15) is 0 Å². The van der Waals surface area contributed by atoms with Gasteiger partial charge in [0.1, 0.15) is 17.6 Å². The van der Waals surface area contributed by atoms with E-state index in [-0.39, 0.29) is 17.4 Å². The van der Waals surface area contributed by atoms with E-state index < -0.39 is 42.3 Å². The molecule has 2 rings (SSSR count). The Hall–Kier alpha value is -3.34. The van der Waals surface area contributed by atoms with E-state index in [9.17, 15) is 24.9 Å². The minimum absolute atomic E-state index is 0.120. The normalized spacial score (nSPS) is 32.0. The van der Waals surface area contributed by atoms with E-state index in [4.69, 9.17) is 19.9 Å². The molecule has 6 atom stereocenters. The quantitative estimate of drug-likeness (QED) is 0.368. The number of carbonyl (C=O) groups is 2. The van der Waals surface area contributed by atoms with Crippen LogP contribution in [0.3, 0.4) is 0 Å². The maximum atomic E-state index is 12.8. The Kier molecular flexibility index (Phi) is 11.4. The van der Waals surface area contributed by atoms with Crippen molar-refractivity contribution in [2.75, 3.05) is 19.5 Å². The van der Waals surface area contributed by atoms with E-state index in [0.29, 0.717) is 35.2 Å². The molecule has 0 unspecified atom stereocenters. The summed E-state index contributed by atoms with van der Waals surface area (Å²) >= 11 is 0. The first-order valence-corrected chi connectivity index (χ1v) is 12.5. The molecule has 10 nitrogen and oxygen atoms in total. The molecular weight excluding hydrogens is 492 g/mol. The number of amides is 2. The van der Waals surface area contributed by atoms with Gasteiger partial charge in [0.25, 0.3) is 5.91 Å². The van der Waals surface area contributed by atoms with Crippen molar-refractivity contribution >= 4 is 17.7 Å². The van der Waals surface area contributed by atoms with Crippen LogP contribution in [0.2, 0.25) is 0 Å². The van der Waals surface area contributed by atoms with Crippen molar-refractivity contribution in [1.82, 2.24) is 0 Å². The molecule has 1 aliphatic rings. The summed E-state index contributed by atoms with van der Waals surface area (Å²) < 4.78 is 16.4. The van der Waals surface area contributed by atoms with Gasteiger partial charge in [0, 0.05) is 36.3 Å². The number of aliphatic hydroxyl groups excluding tert-OH is 2. The summed E-state index contributed by atoms with van der Waals surface area (Å²) in [7, 11) is 2.91. The maximum absolute atomic E-state index is 12.8. The number of aliphatic hydroxyl groups is 2. The summed E-state index contributed by atoms with van der Waals surface area (Å²) in [5, 5.41) is 35.0. The number of fused-ring (bicyclic) bond motifs is 2. The summed E-state index contributed by atoms with van der Waals surface area (Å²) in [4.78, 5) is 24.5. The van der Waals surface area contributed by atoms with Crippen molar-refractivity contribution in [3.8, 4) is 5.75 Å². The Morgan fingerprint density at radius 2 is 1.71 bits per heavy atom. The Morgan fingerprint density at radius 3 is 2.32 bits per heavy atom. The first kappa shape index (κ1) is 30.9. The highest BCUT2D eigenvalue weighted by Crippen LogP contribution is 2.31. The van der Waals surface area contributed by atoms with Crippen LogP contribution in [-0.2, 0) is 19.0 Å². The number of methoxy groups -OCH3 is 2. The first-order chi connectivity index (χ1) is 17.9. The highest BCUT2D eigenvalue weighted by molar-refractivity contribution is 6.03. The number of phenols is 1. The van der Waals surface area contributed by atoms with Crippen molar-refractivity contribution in [3.05, 3.63) is 58.9 Å². The number of benzene rings is 1. The first-order valence-electron chi connectivity index (χ1n) is 12.5. The van der Waals surface area contributed by atoms with Crippen molar-refractivity contribution in [2.24, 2.45) is 17.6 Å². The SMILES string of the molecule is CO/C1=C\[C@H](C)[C@@H](O)c2cc(O)cc(c2)NC(=O)/C(C)=C/CC[C@H](OC)[C@@H](OC(N)=O)/C(C)=C/[C@H](C)[C@H]1O. The van der Waals surface area contributed by atoms with Gasteiger partial charge in [-0.3, -0.25) is 4.79 Å². The highest BCUT2D eigenvalue weighted by atomic mass is 16.6. The third-order valence-electron chi connectivity index (χ3n) is 6.61. The van der Waals surface area contributed by atoms with Gasteiger partial charge in [-0.05, 0) is 56.0 Å². The highest BCUT2D eigenvalue weighted by Gasteiger charge is 2.28. The number of aromatic hydroxyl groups is 1. The monoisotopic (exact) mass is 532 g/mol. The largest absolute Gasteiger partial charge is 0.508 e. The van der Waals surface area contributed by atoms with Gasteiger partial charge >= 0.3 is 6.09 Å². The molecule has 1 aromatic carbocycles. The van der Waals surface area contributed by atoms with Gasteiger partial charge in [0.2, 0.25) is 0 Å². The number of hydrogen-bond donors (Lipinski definition) is 5. The van der Waals surface area contributed by atoms with Gasteiger partial charge in [-0.1, -0.05) is 26.0 Å². The summed E-state index contributed by atoms with van der Waals surface area (Å²) in [6.07, 6.45) is 1.42. The third kappa shape index (κ3) is 8.34. The lowest BCUT2D eigenvalue weighted by molar-refractivity contribution is -0.112. The molecule has 2 amide bonds. The number of allylic oxidation sites excluding steroid dienone is 1. The maximum Gasteiger partial charge on any atom is 0.405 e. The minimum atomic E-state index is -1.08. The molecular formula is C28H40N2O8. The second kappa shape index (κ2) is 14.0. The minimum Gasteiger partial charge on any atom is -0.508 e. The molecule has 2 bridgehead atoms. The molecule has 0 aliphatic carbocycles. The lowest BCUT2D eigenvalue weighted by atomic mass is 9.92. The van der Waals surface area contributed by atoms with E-state index in [1.165, 1.54) is 26.4 Å². The van der Waals surface area contributed by atoms with Crippen LogP contribution in [0, 0.1) is 11.8 Å². The number of anilines is 1. The predicted octanol–water partition coefficient (Wildman–Crippen LogP) is 3.69. The summed E-state index contributed by atoms with van der Waals surface area (Å²) in [6.45, 7) is 6.92. The second-order valence-corrected chi connectivity index (χ2v) is 9.66. The fourth-order valence-corrected chi connectivity index (χ4v) is 4.45. The molecule has 38 heavy (non-hydrogen) atoms. The van der Waals surface area contributed by atoms with E-state index in [2.05, 4.69) is 5.32 Å². The summed E-state index contributed by atoms with van der Waals surface area (Å²) in [5.74, 6) is -1.27. The summed E-state index contributed by atoms with van der Waals surface area (Å²) in [6, 6.07) is 4.38. The zero-order valence-electron chi connectivity index (χ0n) is 22.8. The van der Waals surface area contributed by atoms with E-state index in [0.717, 1.165) is 0 Å². The number of rotatable bonds is 3. The third-order valence-corrected chi connectivity index (χ3v) is 6.61. The molecule has 0 saturated heterocycles. The number of nitrogens with one attached hydrogen (secondary N) is 1. The van der Waals surface area contributed by atoms with Crippen LogP contribution in [-0.4, -0.2) is 59.9 Å². The average Bonchev–Trinajstić information content (AvgIpc) is 2.86. The molecule has 10 heteroatoms. The number of hydrogen-bond acceptors (Lipinski definition) is 8. The number of ether oxygens (including phenoxy) is 3. The van der Waals surface area contributed by atoms with E-state index in [1.807, 2.05) is 0 Å². The van der Waals surface area contributed by atoms with Crippen LogP contribution in [0.4, 0.5) is 10.5 Å². The smallest absolute Gasteiger partial charge is 0.405 e. The van der Waals surface area contributed by atoms with Crippen molar-refractivity contribution in [1.29, 1.82) is 0 Å². The molecule has 210 valence electrons. The molecule has 1 aromatic rings. The van der Waals surface area contributed by atoms with E-state index >= 15 is 0 Å². The number of phenolic OH excluding ortho intramolecular Hbond substituents is 1. The molecule has 0 spiro atoms. The van der Waals surface area contributed by atoms with Crippen LogP contribution >= 0.6 is 0 Å². The van der Waals surface area contributed by atoms with Gasteiger partial charge < -0.3 is 40.6 Å². The van der Waals surface area contributed by atoms with Gasteiger partial charge in [0.15, 0.2) is 6.10 Å². The Labute approximate surface area is 223 Å². The topological polar surface area (TPSA) is 161 Å². The second-order valence-electron chi connectivity index (χ2n) is 9.66. The van der Waals surface area contributed by atoms with Crippen LogP contribution in [0.25, 0.3) is 0 Å². The molecule has 1 aliphatic heterocycles. The zero-order valence-corrected chi connectivity index (χ0v) is 22.8. The average molecular weight is 533 g/mol. The lowest BCUT2D eigenvalue weighted by Crippen LogP contribution is -2.36. The predicted molar refractivity (Wildman–Crippen MR) is 143 cm³/mol. The van der Waals surface area contributed by atoms with Crippen LogP contribution in [0.5, 0.6) is 5.75 Å². The molecule has 0 saturated carbocycles. The van der Waals surface area contributed by atoms with Crippen molar-refractivity contribution in [2.45, 2.75) is 65.0 Å². The molecule has 0 fully saturated rings. The Bertz CT molecular complexity index is 1080. The number of primary amides is 1. The van der Waals surface area contributed by atoms with Crippen molar-refractivity contribution < 1.29 is 39.1 Å². The number of nitrogens with two attached hydrogens (primary N) is 1. The summed E-state index contributed by atoms with van der Waals surface area (Å²) in [5.41, 5.74) is 7.08. The zero-order chi connectivity index (χ0) is 28.6. The van der Waals surface area contributed by atoms with Crippen LogP contribution in [0.1, 0.15) is 52.2 Å². The van der Waals surface area contributed by atoms with Gasteiger partial charge in [-0.15, -0.1) is 0 Å². The lowest BCUT2D eigenvalue weighted by Gasteiger charge is -2.27. The molecule has 0 aromatic heterocycles. The van der Waals surface area contributed by atoms with Crippen LogP contribution in [0.15, 0.2) is 53.3 Å². The van der Waals surface area contributed by atoms with Crippen LogP contribution < -0.4 is 11.1 Å². The molecule has 0 radical (unpaired) electrons. The van der Waals surface area contributed by atoms with Crippen molar-refractivity contribution in [3.63, 3.8) is 0 Å². The Morgan fingerprint density at radius 1 is 1.05 bits per heavy atom. The fraction of sp³-hybridized carbons (Fsp3) is 0.500.